The monoisotopic (exact) mass is 284 g/mol. The minimum absolute atomic E-state index is 0.241. The van der Waals surface area contributed by atoms with E-state index in [-0.39, 0.29) is 13.2 Å². The molecule has 8 nitrogen and oxygen atoms in total. The summed E-state index contributed by atoms with van der Waals surface area (Å²) in [6, 6.07) is 6.39. The average Bonchev–Trinajstić information content (AvgIpc) is 2.44. The molecule has 0 heterocycles. The molecule has 0 atom stereocenters. The second-order valence-corrected chi connectivity index (χ2v) is 3.57. The second-order valence-electron chi connectivity index (χ2n) is 3.57. The molecule has 0 saturated carbocycles. The zero-order valence-electron chi connectivity index (χ0n) is 10.7. The number of hydrogen-bond donors (Lipinski definition) is 4. The van der Waals surface area contributed by atoms with Crippen molar-refractivity contribution in [3.8, 4) is 11.5 Å². The van der Waals surface area contributed by atoms with Gasteiger partial charge in [0.25, 0.3) is 11.8 Å². The van der Waals surface area contributed by atoms with Crippen molar-refractivity contribution >= 4 is 11.8 Å². The van der Waals surface area contributed by atoms with Gasteiger partial charge in [0.1, 0.15) is 25.0 Å². The van der Waals surface area contributed by atoms with E-state index >= 15 is 0 Å². The van der Waals surface area contributed by atoms with Crippen LogP contribution >= 0.6 is 0 Å². The summed E-state index contributed by atoms with van der Waals surface area (Å²) in [5.41, 5.74) is 0. The van der Waals surface area contributed by atoms with Crippen molar-refractivity contribution < 1.29 is 29.3 Å². The molecule has 0 spiro atoms. The van der Waals surface area contributed by atoms with Crippen molar-refractivity contribution in [2.24, 2.45) is 0 Å². The number of carbonyl (C=O) groups excluding carboxylic acids is 2. The number of ether oxygens (including phenoxy) is 2. The Bertz CT molecular complexity index is 414. The van der Waals surface area contributed by atoms with Crippen LogP contribution in [0.25, 0.3) is 0 Å². The van der Waals surface area contributed by atoms with Crippen molar-refractivity contribution in [2.45, 2.75) is 0 Å². The molecule has 0 radical (unpaired) electrons. The molecule has 0 aromatic heterocycles. The van der Waals surface area contributed by atoms with Crippen LogP contribution in [0.5, 0.6) is 11.5 Å². The number of benzene rings is 1. The fraction of sp³-hybridized carbons (Fsp3) is 0.333. The van der Waals surface area contributed by atoms with Crippen LogP contribution in [0.1, 0.15) is 0 Å². The maximum Gasteiger partial charge on any atom is 0.259 e. The summed E-state index contributed by atoms with van der Waals surface area (Å²) in [5, 5.41) is 21.3. The number of rotatable bonds is 8. The first-order valence-corrected chi connectivity index (χ1v) is 5.76. The minimum atomic E-state index is -0.457. The van der Waals surface area contributed by atoms with Crippen molar-refractivity contribution in [1.82, 2.24) is 10.6 Å². The van der Waals surface area contributed by atoms with Crippen LogP contribution in [0.3, 0.4) is 0 Å². The highest BCUT2D eigenvalue weighted by Gasteiger charge is 2.04. The fourth-order valence-corrected chi connectivity index (χ4v) is 1.23. The average molecular weight is 284 g/mol. The van der Waals surface area contributed by atoms with Gasteiger partial charge in [-0.2, -0.15) is 0 Å². The number of aliphatic hydroxyl groups is 2. The molecule has 0 bridgehead atoms. The van der Waals surface area contributed by atoms with Crippen LogP contribution < -0.4 is 20.1 Å². The Morgan fingerprint density at radius 3 is 1.80 bits per heavy atom. The molecule has 0 unspecified atom stereocenters. The molecule has 20 heavy (non-hydrogen) atoms. The van der Waals surface area contributed by atoms with E-state index in [1.54, 1.807) is 18.2 Å². The van der Waals surface area contributed by atoms with Gasteiger partial charge in [-0.15, -0.1) is 0 Å². The first-order valence-electron chi connectivity index (χ1n) is 5.76. The Morgan fingerprint density at radius 1 is 0.950 bits per heavy atom. The van der Waals surface area contributed by atoms with E-state index in [4.69, 9.17) is 19.7 Å². The van der Waals surface area contributed by atoms with Crippen molar-refractivity contribution in [3.63, 3.8) is 0 Å². The Hall–Kier alpha value is -2.32. The summed E-state index contributed by atoms with van der Waals surface area (Å²) < 4.78 is 10.3. The number of amides is 2. The van der Waals surface area contributed by atoms with E-state index < -0.39 is 25.3 Å². The normalized spacial score (nSPS) is 9.70. The zero-order valence-corrected chi connectivity index (χ0v) is 10.7. The first-order chi connectivity index (χ1) is 9.65. The van der Waals surface area contributed by atoms with Crippen LogP contribution in [0.4, 0.5) is 0 Å². The second kappa shape index (κ2) is 8.73. The summed E-state index contributed by atoms with van der Waals surface area (Å²) in [5.74, 6) is -0.140. The van der Waals surface area contributed by atoms with Gasteiger partial charge in [0.15, 0.2) is 13.2 Å². The van der Waals surface area contributed by atoms with E-state index in [0.29, 0.717) is 11.5 Å². The van der Waals surface area contributed by atoms with Gasteiger partial charge in [-0.1, -0.05) is 6.07 Å². The molecule has 8 heteroatoms. The van der Waals surface area contributed by atoms with Crippen LogP contribution in [0.15, 0.2) is 24.3 Å². The van der Waals surface area contributed by atoms with E-state index in [1.165, 1.54) is 6.07 Å². The molecule has 1 rings (SSSR count). The lowest BCUT2D eigenvalue weighted by molar-refractivity contribution is -0.124. The molecule has 2 amide bonds. The standard InChI is InChI=1S/C12H16N2O6/c15-7-13-11(17)5-19-9-2-1-3-10(4-9)20-6-12(18)14-8-16/h1-4,15-16H,5-8H2,(H,13,17)(H,14,18). The van der Waals surface area contributed by atoms with Crippen molar-refractivity contribution in [1.29, 1.82) is 0 Å². The summed E-state index contributed by atoms with van der Waals surface area (Å²) >= 11 is 0. The van der Waals surface area contributed by atoms with Crippen LogP contribution in [0, 0.1) is 0 Å². The molecule has 0 saturated heterocycles. The highest BCUT2D eigenvalue weighted by molar-refractivity contribution is 5.77. The molecular weight excluding hydrogens is 268 g/mol. The van der Waals surface area contributed by atoms with Gasteiger partial charge >= 0.3 is 0 Å². The number of nitrogens with one attached hydrogen (secondary N) is 2. The molecule has 4 N–H and O–H groups in total. The van der Waals surface area contributed by atoms with Gasteiger partial charge in [0, 0.05) is 6.07 Å². The molecule has 1 aromatic carbocycles. The molecule has 0 fully saturated rings. The third-order valence-electron chi connectivity index (χ3n) is 2.10. The Labute approximate surface area is 115 Å². The Kier molecular flexibility index (Phi) is 6.87. The largest absolute Gasteiger partial charge is 0.484 e. The van der Waals surface area contributed by atoms with E-state index in [9.17, 15) is 9.59 Å². The summed E-state index contributed by atoms with van der Waals surface area (Å²) in [6.07, 6.45) is 0. The Balaban J connectivity index is 2.45. The summed E-state index contributed by atoms with van der Waals surface area (Å²) in [7, 11) is 0. The minimum Gasteiger partial charge on any atom is -0.484 e. The van der Waals surface area contributed by atoms with Gasteiger partial charge < -0.3 is 30.3 Å². The maximum absolute atomic E-state index is 11.1. The number of hydrogen-bond acceptors (Lipinski definition) is 6. The van der Waals surface area contributed by atoms with Gasteiger partial charge in [-0.05, 0) is 12.1 Å². The predicted octanol–water partition coefficient (Wildman–Crippen LogP) is -1.42. The smallest absolute Gasteiger partial charge is 0.259 e. The van der Waals surface area contributed by atoms with Crippen molar-refractivity contribution in [2.75, 3.05) is 26.7 Å². The van der Waals surface area contributed by atoms with Gasteiger partial charge in [-0.25, -0.2) is 0 Å². The lowest BCUT2D eigenvalue weighted by Gasteiger charge is -2.09. The summed E-state index contributed by atoms with van der Waals surface area (Å²) in [4.78, 5) is 22.2. The third-order valence-corrected chi connectivity index (χ3v) is 2.10. The van der Waals surface area contributed by atoms with E-state index in [2.05, 4.69) is 10.6 Å². The lowest BCUT2D eigenvalue weighted by Crippen LogP contribution is -2.29. The third kappa shape index (κ3) is 6.03. The molecule has 0 aliphatic rings. The first kappa shape index (κ1) is 15.7. The van der Waals surface area contributed by atoms with Crippen LogP contribution in [0.2, 0.25) is 0 Å². The van der Waals surface area contributed by atoms with Gasteiger partial charge in [-0.3, -0.25) is 9.59 Å². The van der Waals surface area contributed by atoms with Crippen molar-refractivity contribution in [3.05, 3.63) is 24.3 Å². The van der Waals surface area contributed by atoms with Gasteiger partial charge in [0.05, 0.1) is 0 Å². The van der Waals surface area contributed by atoms with Gasteiger partial charge in [0.2, 0.25) is 0 Å². The van der Waals surface area contributed by atoms with Crippen LogP contribution in [-0.2, 0) is 9.59 Å². The van der Waals surface area contributed by atoms with E-state index in [0.717, 1.165) is 0 Å². The Morgan fingerprint density at radius 2 is 1.40 bits per heavy atom. The molecular formula is C12H16N2O6. The molecule has 0 aliphatic carbocycles. The molecule has 0 aliphatic heterocycles. The fourth-order valence-electron chi connectivity index (χ4n) is 1.23. The van der Waals surface area contributed by atoms with Crippen LogP contribution in [-0.4, -0.2) is 48.7 Å². The number of carbonyl (C=O) groups is 2. The molecule has 1 aromatic rings. The zero-order chi connectivity index (χ0) is 14.8. The summed E-state index contributed by atoms with van der Waals surface area (Å²) in [6.45, 7) is -1.39. The number of aliphatic hydroxyl groups excluding tert-OH is 2. The SMILES string of the molecule is O=C(COc1cccc(OCC(=O)NCO)c1)NCO. The topological polar surface area (TPSA) is 117 Å². The predicted molar refractivity (Wildman–Crippen MR) is 67.9 cm³/mol. The highest BCUT2D eigenvalue weighted by Crippen LogP contribution is 2.19. The maximum atomic E-state index is 11.1. The quantitative estimate of drug-likeness (QED) is 0.435. The lowest BCUT2D eigenvalue weighted by atomic mass is 10.3. The highest BCUT2D eigenvalue weighted by atomic mass is 16.5. The molecule has 110 valence electrons. The van der Waals surface area contributed by atoms with E-state index in [1.807, 2.05) is 0 Å².